The lowest BCUT2D eigenvalue weighted by molar-refractivity contribution is -0.459. The van der Waals surface area contributed by atoms with Crippen LogP contribution in [0.1, 0.15) is 13.3 Å². The Balaban J connectivity index is 0. The van der Waals surface area contributed by atoms with Crippen LogP contribution in [-0.2, 0) is 4.79 Å². The summed E-state index contributed by atoms with van der Waals surface area (Å²) >= 11 is 0. The van der Waals surface area contributed by atoms with Crippen LogP contribution in [0.25, 0.3) is 0 Å². The van der Waals surface area contributed by atoms with Crippen molar-refractivity contribution in [2.45, 2.75) is 13.3 Å². The van der Waals surface area contributed by atoms with Gasteiger partial charge in [0.15, 0.2) is 0 Å². The van der Waals surface area contributed by atoms with E-state index in [2.05, 4.69) is 9.89 Å². The van der Waals surface area contributed by atoms with Crippen LogP contribution in [0, 0.1) is 0 Å². The molecule has 6 nitrogen and oxygen atoms in total. The fourth-order valence-electron chi connectivity index (χ4n) is 0.628. The predicted molar refractivity (Wildman–Crippen MR) is 53.1 cm³/mol. The Morgan fingerprint density at radius 2 is 1.86 bits per heavy atom. The van der Waals surface area contributed by atoms with Crippen molar-refractivity contribution in [2.75, 3.05) is 27.2 Å². The molecule has 0 spiro atoms. The zero-order chi connectivity index (χ0) is 11.6. The number of carbonyl (C=O) groups excluding carboxylic acids is 1. The third kappa shape index (κ3) is 31.0. The highest BCUT2D eigenvalue weighted by Gasteiger charge is 1.89. The van der Waals surface area contributed by atoms with E-state index in [0.29, 0.717) is 5.96 Å². The standard InChI is InChI=1S/C6H16N4.C2H4O2/c1-10(2)5-3-4-9-6(7)8;1-2(3)4/h3-5H2,1-2H3,(H4,7,8,9);1H3,(H,3,4). The molecule has 0 saturated carbocycles. The lowest BCUT2D eigenvalue weighted by Gasteiger charge is -2.05. The fourth-order valence-corrected chi connectivity index (χ4v) is 0.628. The van der Waals surface area contributed by atoms with Gasteiger partial charge >= 0.3 is 5.96 Å². The van der Waals surface area contributed by atoms with Gasteiger partial charge in [-0.2, -0.15) is 0 Å². The van der Waals surface area contributed by atoms with Gasteiger partial charge in [-0.15, -0.1) is 0 Å². The number of carboxylic acids is 1. The molecule has 6 heteroatoms. The van der Waals surface area contributed by atoms with Crippen molar-refractivity contribution >= 4 is 11.9 Å². The van der Waals surface area contributed by atoms with Crippen LogP contribution in [0.4, 0.5) is 0 Å². The number of carboxylic acid groups (broad SMARTS) is 1. The highest BCUT2D eigenvalue weighted by Crippen LogP contribution is 1.75. The van der Waals surface area contributed by atoms with Gasteiger partial charge < -0.3 is 14.8 Å². The smallest absolute Gasteiger partial charge is 0.338 e. The van der Waals surface area contributed by atoms with Gasteiger partial charge in [0.05, 0.1) is 6.54 Å². The largest absolute Gasteiger partial charge is 0.550 e. The molecule has 84 valence electrons. The topological polar surface area (TPSA) is 109 Å². The molecule has 0 saturated heterocycles. The molecule has 0 atom stereocenters. The van der Waals surface area contributed by atoms with Crippen molar-refractivity contribution in [3.63, 3.8) is 0 Å². The van der Waals surface area contributed by atoms with Gasteiger partial charge in [0, 0.05) is 12.5 Å². The summed E-state index contributed by atoms with van der Waals surface area (Å²) in [5.41, 5.74) is 10.4. The lowest BCUT2D eigenvalue weighted by Crippen LogP contribution is -2.78. The van der Waals surface area contributed by atoms with Crippen molar-refractivity contribution in [3.05, 3.63) is 0 Å². The minimum absolute atomic E-state index is 0.304. The molecule has 0 rings (SSSR count). The van der Waals surface area contributed by atoms with Crippen molar-refractivity contribution in [3.8, 4) is 0 Å². The minimum Gasteiger partial charge on any atom is -0.550 e. The Morgan fingerprint density at radius 1 is 1.43 bits per heavy atom. The van der Waals surface area contributed by atoms with Crippen LogP contribution in [0.2, 0.25) is 0 Å². The molecular weight excluding hydrogens is 184 g/mol. The minimum atomic E-state index is -1.08. The molecule has 0 radical (unpaired) electrons. The molecule has 0 aromatic rings. The number of nitrogens with two attached hydrogens (primary N) is 2. The molecule has 0 fully saturated rings. The maximum Gasteiger partial charge on any atom is 0.338 e. The SMILES string of the molecule is CC(=O)[O-].CN(C)CCC[NH+]=C(N)N. The molecule has 0 aliphatic rings. The van der Waals surface area contributed by atoms with Crippen molar-refractivity contribution < 1.29 is 14.9 Å². The normalized spacial score (nSPS) is 8.86. The Labute approximate surface area is 84.6 Å². The monoisotopic (exact) mass is 204 g/mol. The molecule has 0 unspecified atom stereocenters. The van der Waals surface area contributed by atoms with E-state index >= 15 is 0 Å². The Hall–Kier alpha value is -1.30. The number of aliphatic carboxylic acids is 1. The van der Waals surface area contributed by atoms with Crippen molar-refractivity contribution in [2.24, 2.45) is 11.5 Å². The molecule has 0 bridgehead atoms. The number of rotatable bonds is 4. The van der Waals surface area contributed by atoms with Gasteiger partial charge in [-0.1, -0.05) is 0 Å². The van der Waals surface area contributed by atoms with E-state index in [4.69, 9.17) is 21.4 Å². The summed E-state index contributed by atoms with van der Waals surface area (Å²) in [7, 11) is 4.07. The number of nitrogens with one attached hydrogen (secondary N) is 1. The van der Waals surface area contributed by atoms with Gasteiger partial charge in [0.2, 0.25) is 0 Å². The average molecular weight is 204 g/mol. The number of hydrogen-bond donors (Lipinski definition) is 3. The molecular formula is C8H20N4O2. The van der Waals surface area contributed by atoms with E-state index in [1.165, 1.54) is 0 Å². The Bertz CT molecular complexity index is 172. The van der Waals surface area contributed by atoms with Gasteiger partial charge in [0.25, 0.3) is 0 Å². The van der Waals surface area contributed by atoms with Crippen molar-refractivity contribution in [1.29, 1.82) is 0 Å². The summed E-state index contributed by atoms with van der Waals surface area (Å²) in [5.74, 6) is -0.779. The van der Waals surface area contributed by atoms with E-state index < -0.39 is 5.97 Å². The first kappa shape index (κ1) is 15.2. The molecule has 0 aliphatic carbocycles. The van der Waals surface area contributed by atoms with E-state index in [1.807, 2.05) is 14.1 Å². The maximum atomic E-state index is 8.89. The summed E-state index contributed by atoms with van der Waals surface area (Å²) in [4.78, 5) is 13.9. The molecule has 0 aliphatic heterocycles. The Kier molecular flexibility index (Phi) is 10.6. The molecule has 0 amide bonds. The van der Waals surface area contributed by atoms with Crippen LogP contribution in [0.15, 0.2) is 0 Å². The first-order valence-corrected chi connectivity index (χ1v) is 4.30. The summed E-state index contributed by atoms with van der Waals surface area (Å²) < 4.78 is 0. The van der Waals surface area contributed by atoms with Crippen LogP contribution >= 0.6 is 0 Å². The lowest BCUT2D eigenvalue weighted by atomic mass is 10.4. The second-order valence-electron chi connectivity index (χ2n) is 3.03. The fraction of sp³-hybridized carbons (Fsp3) is 0.750. The Morgan fingerprint density at radius 3 is 2.14 bits per heavy atom. The first-order chi connectivity index (χ1) is 6.36. The van der Waals surface area contributed by atoms with Gasteiger partial charge in [-0.25, -0.2) is 0 Å². The second-order valence-corrected chi connectivity index (χ2v) is 3.03. The summed E-state index contributed by atoms with van der Waals surface area (Å²) in [5, 5.41) is 8.89. The van der Waals surface area contributed by atoms with Crippen LogP contribution < -0.4 is 21.6 Å². The van der Waals surface area contributed by atoms with Crippen LogP contribution in [-0.4, -0.2) is 44.0 Å². The van der Waals surface area contributed by atoms with Gasteiger partial charge in [0.1, 0.15) is 0 Å². The highest BCUT2D eigenvalue weighted by atomic mass is 16.4. The van der Waals surface area contributed by atoms with Crippen LogP contribution in [0.3, 0.4) is 0 Å². The quantitative estimate of drug-likeness (QED) is 0.246. The van der Waals surface area contributed by atoms with E-state index in [-0.39, 0.29) is 0 Å². The summed E-state index contributed by atoms with van der Waals surface area (Å²) in [6.07, 6.45) is 1.06. The van der Waals surface area contributed by atoms with E-state index in [0.717, 1.165) is 26.4 Å². The number of guanidine groups is 1. The number of hydrogen-bond acceptors (Lipinski definition) is 3. The third-order valence-electron chi connectivity index (χ3n) is 1.11. The molecule has 0 heterocycles. The second kappa shape index (κ2) is 9.79. The highest BCUT2D eigenvalue weighted by molar-refractivity contribution is 5.69. The average Bonchev–Trinajstić information content (AvgIpc) is 1.96. The summed E-state index contributed by atoms with van der Waals surface area (Å²) in [6.45, 7) is 2.88. The van der Waals surface area contributed by atoms with E-state index in [9.17, 15) is 0 Å². The zero-order valence-corrected chi connectivity index (χ0v) is 9.04. The maximum absolute atomic E-state index is 8.89. The number of nitrogens with zero attached hydrogens (tertiary/aromatic N) is 1. The number of carbonyl (C=O) groups is 1. The zero-order valence-electron chi connectivity index (χ0n) is 9.04. The molecule has 5 N–H and O–H groups in total. The predicted octanol–water partition coefficient (Wildman–Crippen LogP) is -3.95. The molecule has 0 aromatic heterocycles. The summed E-state index contributed by atoms with van der Waals surface area (Å²) in [6, 6.07) is 0. The third-order valence-corrected chi connectivity index (χ3v) is 1.11. The molecule has 0 aromatic carbocycles. The first-order valence-electron chi connectivity index (χ1n) is 4.30. The molecule has 14 heavy (non-hydrogen) atoms. The van der Waals surface area contributed by atoms with Crippen molar-refractivity contribution in [1.82, 2.24) is 4.90 Å². The van der Waals surface area contributed by atoms with Gasteiger partial charge in [-0.3, -0.25) is 16.5 Å². The van der Waals surface area contributed by atoms with E-state index in [1.54, 1.807) is 0 Å². The van der Waals surface area contributed by atoms with Gasteiger partial charge in [-0.05, 0) is 27.4 Å². The van der Waals surface area contributed by atoms with Crippen LogP contribution in [0.5, 0.6) is 0 Å².